The number of halogens is 3. The highest BCUT2D eigenvalue weighted by atomic mass is 19.4. The molecule has 1 aromatic carbocycles. The number of aryl methyl sites for hydroxylation is 1. The number of carbonyl (C=O) groups is 1. The molecule has 1 aliphatic rings. The molecule has 0 aliphatic heterocycles. The van der Waals surface area contributed by atoms with E-state index in [0.717, 1.165) is 0 Å². The fourth-order valence-corrected chi connectivity index (χ4v) is 3.17. The molecule has 134 valence electrons. The van der Waals surface area contributed by atoms with Gasteiger partial charge in [0.25, 0.3) is 0 Å². The molecule has 3 N–H and O–H groups in total. The summed E-state index contributed by atoms with van der Waals surface area (Å²) >= 11 is 0. The number of carboxylic acid groups (broad SMARTS) is 1. The number of nitrogens with two attached hydrogens (primary N) is 1. The fraction of sp³-hybridized carbons (Fsp3) is 0.375. The Morgan fingerprint density at radius 3 is 2.76 bits per heavy atom. The topological polar surface area (TPSA) is 90.4 Å². The first-order valence-corrected chi connectivity index (χ1v) is 7.63. The molecule has 1 unspecified atom stereocenters. The predicted molar refractivity (Wildman–Crippen MR) is 81.1 cm³/mol. The number of fused-ring (bicyclic) bond motifs is 1. The summed E-state index contributed by atoms with van der Waals surface area (Å²) in [5.74, 6) is 2.22. The summed E-state index contributed by atoms with van der Waals surface area (Å²) in [4.78, 5) is 16.4. The van der Waals surface area contributed by atoms with Crippen LogP contribution in [0.4, 0.5) is 13.2 Å². The highest BCUT2D eigenvalue weighted by Crippen LogP contribution is 2.38. The zero-order valence-corrected chi connectivity index (χ0v) is 13.1. The van der Waals surface area contributed by atoms with Crippen molar-refractivity contribution in [1.82, 2.24) is 9.78 Å². The van der Waals surface area contributed by atoms with Gasteiger partial charge in [-0.1, -0.05) is 18.2 Å². The third kappa shape index (κ3) is 3.24. The molecule has 0 amide bonds. The maximum absolute atomic E-state index is 13.1. The molecule has 1 aromatic heterocycles. The lowest BCUT2D eigenvalue weighted by atomic mass is 9.86. The summed E-state index contributed by atoms with van der Waals surface area (Å²) in [6, 6.07) is 6.72. The maximum atomic E-state index is 13.1. The maximum Gasteiger partial charge on any atom is 0.392 e. The van der Waals surface area contributed by atoms with Crippen molar-refractivity contribution in [3.05, 3.63) is 46.8 Å². The van der Waals surface area contributed by atoms with Gasteiger partial charge in [-0.25, -0.2) is 15.4 Å². The summed E-state index contributed by atoms with van der Waals surface area (Å²) in [5.41, 5.74) is 1.29. The van der Waals surface area contributed by atoms with Crippen LogP contribution in [-0.4, -0.2) is 27.0 Å². The van der Waals surface area contributed by atoms with Gasteiger partial charge in [-0.3, -0.25) is 4.84 Å². The first-order chi connectivity index (χ1) is 11.8. The van der Waals surface area contributed by atoms with Crippen LogP contribution in [-0.2, 0) is 24.3 Å². The van der Waals surface area contributed by atoms with Crippen molar-refractivity contribution in [2.45, 2.75) is 32.0 Å². The monoisotopic (exact) mass is 355 g/mol. The van der Waals surface area contributed by atoms with Crippen LogP contribution in [0.25, 0.3) is 5.69 Å². The van der Waals surface area contributed by atoms with E-state index < -0.39 is 18.1 Å². The second-order valence-corrected chi connectivity index (χ2v) is 5.91. The molecular formula is C16H16F3N3O3. The number of nitrogens with zero attached hydrogens (tertiary/aromatic N) is 2. The molecular weight excluding hydrogens is 339 g/mol. The standard InChI is InChI=1S/C16H16F3N3O3/c17-16(18,19)10-5-6-12-11(7-10)14(15(23)24)22(21-12)13-4-2-1-3-9(13)8-25-20/h1-4,10H,5-8,20H2,(H,23,24). The van der Waals surface area contributed by atoms with Crippen molar-refractivity contribution in [1.29, 1.82) is 0 Å². The smallest absolute Gasteiger partial charge is 0.392 e. The van der Waals surface area contributed by atoms with Crippen LogP contribution >= 0.6 is 0 Å². The average Bonchev–Trinajstić information content (AvgIpc) is 2.93. The number of aromatic nitrogens is 2. The van der Waals surface area contributed by atoms with E-state index in [9.17, 15) is 23.1 Å². The molecule has 0 fully saturated rings. The van der Waals surface area contributed by atoms with Gasteiger partial charge in [0.2, 0.25) is 0 Å². The minimum atomic E-state index is -4.36. The Morgan fingerprint density at radius 1 is 1.40 bits per heavy atom. The van der Waals surface area contributed by atoms with E-state index >= 15 is 0 Å². The van der Waals surface area contributed by atoms with E-state index in [0.29, 0.717) is 16.9 Å². The number of alkyl halides is 3. The van der Waals surface area contributed by atoms with Crippen LogP contribution in [0, 0.1) is 5.92 Å². The number of aromatic carboxylic acids is 1. The number of para-hydroxylation sites is 1. The third-order valence-corrected chi connectivity index (χ3v) is 4.37. The number of hydrogen-bond donors (Lipinski definition) is 2. The second-order valence-electron chi connectivity index (χ2n) is 5.91. The molecule has 2 aromatic rings. The van der Waals surface area contributed by atoms with E-state index in [1.165, 1.54) is 4.68 Å². The first-order valence-electron chi connectivity index (χ1n) is 7.63. The molecule has 25 heavy (non-hydrogen) atoms. The van der Waals surface area contributed by atoms with Crippen LogP contribution in [0.15, 0.2) is 24.3 Å². The molecule has 1 heterocycles. The lowest BCUT2D eigenvalue weighted by Crippen LogP contribution is -2.29. The molecule has 0 saturated carbocycles. The van der Waals surface area contributed by atoms with Crippen molar-refractivity contribution < 1.29 is 27.9 Å². The molecule has 9 heteroatoms. The van der Waals surface area contributed by atoms with Crippen molar-refractivity contribution in [3.8, 4) is 5.69 Å². The molecule has 0 bridgehead atoms. The van der Waals surface area contributed by atoms with Crippen molar-refractivity contribution in [2.24, 2.45) is 11.8 Å². The van der Waals surface area contributed by atoms with E-state index in [2.05, 4.69) is 9.94 Å². The first kappa shape index (κ1) is 17.4. The van der Waals surface area contributed by atoms with Gasteiger partial charge in [-0.2, -0.15) is 18.3 Å². The van der Waals surface area contributed by atoms with Crippen LogP contribution in [0.1, 0.15) is 33.7 Å². The highest BCUT2D eigenvalue weighted by Gasteiger charge is 2.43. The molecule has 1 atom stereocenters. The van der Waals surface area contributed by atoms with Gasteiger partial charge in [0.15, 0.2) is 5.69 Å². The Morgan fingerprint density at radius 2 is 2.12 bits per heavy atom. The largest absolute Gasteiger partial charge is 0.476 e. The Hall–Kier alpha value is -2.39. The lowest BCUT2D eigenvalue weighted by molar-refractivity contribution is -0.177. The second kappa shape index (κ2) is 6.49. The van der Waals surface area contributed by atoms with Gasteiger partial charge in [0.1, 0.15) is 0 Å². The number of hydrogen-bond acceptors (Lipinski definition) is 4. The average molecular weight is 355 g/mol. The van der Waals surface area contributed by atoms with Gasteiger partial charge in [-0.15, -0.1) is 0 Å². The van der Waals surface area contributed by atoms with Crippen molar-refractivity contribution in [2.75, 3.05) is 0 Å². The Labute approximate surface area is 141 Å². The van der Waals surface area contributed by atoms with Gasteiger partial charge < -0.3 is 5.11 Å². The quantitative estimate of drug-likeness (QED) is 0.823. The van der Waals surface area contributed by atoms with E-state index in [4.69, 9.17) is 5.90 Å². The summed E-state index contributed by atoms with van der Waals surface area (Å²) < 4.78 is 40.4. The van der Waals surface area contributed by atoms with Crippen LogP contribution < -0.4 is 5.90 Å². The summed E-state index contributed by atoms with van der Waals surface area (Å²) in [7, 11) is 0. The van der Waals surface area contributed by atoms with Gasteiger partial charge in [0, 0.05) is 11.1 Å². The Bertz CT molecular complexity index is 802. The van der Waals surface area contributed by atoms with Gasteiger partial charge in [0.05, 0.1) is 23.9 Å². The van der Waals surface area contributed by atoms with Crippen molar-refractivity contribution >= 4 is 5.97 Å². The van der Waals surface area contributed by atoms with Crippen LogP contribution in [0.3, 0.4) is 0 Å². The Kier molecular flexibility index (Phi) is 4.53. The third-order valence-electron chi connectivity index (χ3n) is 4.37. The molecule has 0 spiro atoms. The minimum absolute atomic E-state index is 0.0188. The minimum Gasteiger partial charge on any atom is -0.476 e. The molecule has 0 saturated heterocycles. The Balaban J connectivity index is 2.12. The summed E-state index contributed by atoms with van der Waals surface area (Å²) in [6.07, 6.45) is -4.75. The molecule has 6 nitrogen and oxygen atoms in total. The lowest BCUT2D eigenvalue weighted by Gasteiger charge is -2.23. The number of benzene rings is 1. The SMILES string of the molecule is NOCc1ccccc1-n1nc2c(c1C(=O)O)CC(C(F)(F)F)CC2. The normalized spacial score (nSPS) is 17.4. The number of rotatable bonds is 4. The van der Waals surface area contributed by atoms with Crippen LogP contribution in [0.2, 0.25) is 0 Å². The van der Waals surface area contributed by atoms with E-state index in [-0.39, 0.29) is 37.1 Å². The number of carboxylic acids is 1. The van der Waals surface area contributed by atoms with Gasteiger partial charge in [-0.05, 0) is 25.3 Å². The van der Waals surface area contributed by atoms with E-state index in [1.807, 2.05) is 0 Å². The zero-order chi connectivity index (χ0) is 18.2. The van der Waals surface area contributed by atoms with Crippen LogP contribution in [0.5, 0.6) is 0 Å². The molecule has 1 aliphatic carbocycles. The molecule has 0 radical (unpaired) electrons. The molecule has 3 rings (SSSR count). The van der Waals surface area contributed by atoms with Crippen molar-refractivity contribution in [3.63, 3.8) is 0 Å². The summed E-state index contributed by atoms with van der Waals surface area (Å²) in [6.45, 7) is 0.0188. The van der Waals surface area contributed by atoms with E-state index in [1.54, 1.807) is 24.3 Å². The van der Waals surface area contributed by atoms with Gasteiger partial charge >= 0.3 is 12.1 Å². The highest BCUT2D eigenvalue weighted by molar-refractivity contribution is 5.88. The predicted octanol–water partition coefficient (Wildman–Crippen LogP) is 2.63. The summed E-state index contributed by atoms with van der Waals surface area (Å²) in [5, 5.41) is 13.9. The fourth-order valence-electron chi connectivity index (χ4n) is 3.17. The zero-order valence-electron chi connectivity index (χ0n) is 13.1.